The Balaban J connectivity index is 1.79. The second kappa shape index (κ2) is 15.1. The predicted octanol–water partition coefficient (Wildman–Crippen LogP) is 7.97. The van der Waals surface area contributed by atoms with Gasteiger partial charge in [0.1, 0.15) is 5.75 Å². The number of aromatic carboxylic acids is 1. The van der Waals surface area contributed by atoms with Crippen molar-refractivity contribution in [3.63, 3.8) is 0 Å². The molecule has 0 spiro atoms. The Bertz CT molecular complexity index is 1170. The number of carbonyl (C=O) groups is 1. The van der Waals surface area contributed by atoms with E-state index in [-0.39, 0.29) is 29.0 Å². The lowest BCUT2D eigenvalue weighted by atomic mass is 9.94. The molecule has 0 N–H and O–H groups in total. The van der Waals surface area contributed by atoms with Gasteiger partial charge in [-0.25, -0.2) is 4.39 Å². The van der Waals surface area contributed by atoms with E-state index >= 15 is 4.39 Å². The molecule has 0 fully saturated rings. The Morgan fingerprint density at radius 3 is 1.95 bits per heavy atom. The number of halogens is 2. The second-order valence-electron chi connectivity index (χ2n) is 9.48. The Morgan fingerprint density at radius 1 is 0.684 bits per heavy atom. The third kappa shape index (κ3) is 8.04. The highest BCUT2D eigenvalue weighted by Crippen LogP contribution is 2.35. The smallest absolute Gasteiger partial charge is 0.201 e. The zero-order valence-corrected chi connectivity index (χ0v) is 22.4. The van der Waals surface area contributed by atoms with E-state index in [0.717, 1.165) is 56.3 Å². The molecule has 0 aliphatic carbocycles. The normalized spacial score (nSPS) is 10.9. The van der Waals surface area contributed by atoms with Gasteiger partial charge >= 0.3 is 0 Å². The van der Waals surface area contributed by atoms with Crippen LogP contribution in [-0.4, -0.2) is 19.2 Å². The second-order valence-corrected chi connectivity index (χ2v) is 9.48. The van der Waals surface area contributed by atoms with Crippen LogP contribution in [0.3, 0.4) is 0 Å². The fraction of sp³-hybridized carbons (Fsp3) is 0.406. The topological polar surface area (TPSA) is 58.6 Å². The minimum Gasteiger partial charge on any atom is -0.545 e. The van der Waals surface area contributed by atoms with E-state index in [9.17, 15) is 14.3 Å². The number of unbranched alkanes of at least 4 members (excludes halogenated alkanes) is 7. The minimum atomic E-state index is -1.47. The lowest BCUT2D eigenvalue weighted by Gasteiger charge is -2.16. The van der Waals surface area contributed by atoms with Crippen LogP contribution in [0.15, 0.2) is 54.6 Å². The molecule has 3 aromatic rings. The number of hydrogen-bond acceptors (Lipinski definition) is 4. The number of hydrogen-bond donors (Lipinski definition) is 0. The highest BCUT2D eigenvalue weighted by molar-refractivity contribution is 5.96. The molecule has 0 aliphatic rings. The molecule has 0 radical (unpaired) electrons. The summed E-state index contributed by atoms with van der Waals surface area (Å²) < 4.78 is 41.3. The van der Waals surface area contributed by atoms with Crippen LogP contribution in [0.5, 0.6) is 11.5 Å². The maximum atomic E-state index is 15.2. The number of rotatable bonds is 16. The Hall–Kier alpha value is -3.41. The number of benzene rings is 3. The summed E-state index contributed by atoms with van der Waals surface area (Å²) in [6.07, 6.45) is 9.52. The first-order valence-electron chi connectivity index (χ1n) is 13.7. The Morgan fingerprint density at radius 2 is 1.29 bits per heavy atom. The maximum Gasteiger partial charge on any atom is 0.201 e. The molecule has 0 aliphatic heterocycles. The standard InChI is InChI=1S/C32H38F2O4/c1-3-5-7-9-11-21-38-29-19-18-26(30(33)31(29)34)28-22-24(14-17-27(28)32(35)36)23-12-15-25(16-13-23)37-20-10-8-6-4-2/h12-19,22H,3-11,20-21H2,1-2H3,(H,35,36)/p-1. The summed E-state index contributed by atoms with van der Waals surface area (Å²) in [5.41, 5.74) is 1.11. The van der Waals surface area contributed by atoms with Crippen molar-refractivity contribution < 1.29 is 28.2 Å². The van der Waals surface area contributed by atoms with Gasteiger partial charge in [0.05, 0.1) is 19.2 Å². The van der Waals surface area contributed by atoms with Gasteiger partial charge in [0, 0.05) is 11.1 Å². The van der Waals surface area contributed by atoms with E-state index in [2.05, 4.69) is 13.8 Å². The summed E-state index contributed by atoms with van der Waals surface area (Å²) in [4.78, 5) is 11.8. The predicted molar refractivity (Wildman–Crippen MR) is 145 cm³/mol. The van der Waals surface area contributed by atoms with E-state index in [0.29, 0.717) is 12.2 Å². The first-order chi connectivity index (χ1) is 18.5. The van der Waals surface area contributed by atoms with Gasteiger partial charge < -0.3 is 19.4 Å². The van der Waals surface area contributed by atoms with E-state index in [1.165, 1.54) is 37.1 Å². The molecule has 3 aromatic carbocycles. The molecule has 4 nitrogen and oxygen atoms in total. The van der Waals surface area contributed by atoms with E-state index in [4.69, 9.17) is 9.47 Å². The molecule has 204 valence electrons. The van der Waals surface area contributed by atoms with E-state index in [1.807, 2.05) is 24.3 Å². The van der Waals surface area contributed by atoms with Crippen LogP contribution in [0.2, 0.25) is 0 Å². The largest absolute Gasteiger partial charge is 0.545 e. The highest BCUT2D eigenvalue weighted by Gasteiger charge is 2.19. The van der Waals surface area contributed by atoms with Crippen molar-refractivity contribution in [3.8, 4) is 33.8 Å². The molecule has 0 aromatic heterocycles. The molecule has 0 heterocycles. The quantitative estimate of drug-likeness (QED) is 0.179. The lowest BCUT2D eigenvalue weighted by Crippen LogP contribution is -2.23. The molecule has 38 heavy (non-hydrogen) atoms. The average Bonchev–Trinajstić information content (AvgIpc) is 2.93. The molecule has 0 unspecified atom stereocenters. The zero-order chi connectivity index (χ0) is 27.3. The molecule has 3 rings (SSSR count). The zero-order valence-electron chi connectivity index (χ0n) is 22.4. The van der Waals surface area contributed by atoms with Gasteiger partial charge in [-0.15, -0.1) is 0 Å². The summed E-state index contributed by atoms with van der Waals surface area (Å²) in [7, 11) is 0. The highest BCUT2D eigenvalue weighted by atomic mass is 19.2. The molecule has 0 atom stereocenters. The Labute approximate surface area is 224 Å². The van der Waals surface area contributed by atoms with Crippen LogP contribution in [0, 0.1) is 11.6 Å². The number of carbonyl (C=O) groups excluding carboxylic acids is 1. The molecule has 6 heteroatoms. The summed E-state index contributed by atoms with van der Waals surface area (Å²) in [5, 5.41) is 11.8. The van der Waals surface area contributed by atoms with Crippen molar-refractivity contribution in [1.29, 1.82) is 0 Å². The van der Waals surface area contributed by atoms with Gasteiger partial charge in [0.25, 0.3) is 0 Å². The first kappa shape index (κ1) is 29.2. The summed E-state index contributed by atoms with van der Waals surface area (Å²) in [5.74, 6) is -3.19. The van der Waals surface area contributed by atoms with Crippen molar-refractivity contribution in [2.24, 2.45) is 0 Å². The van der Waals surface area contributed by atoms with Crippen molar-refractivity contribution in [1.82, 2.24) is 0 Å². The summed E-state index contributed by atoms with van der Waals surface area (Å²) >= 11 is 0. The third-order valence-corrected chi connectivity index (χ3v) is 6.54. The monoisotopic (exact) mass is 523 g/mol. The van der Waals surface area contributed by atoms with Crippen molar-refractivity contribution in [2.45, 2.75) is 71.6 Å². The number of carboxylic acids is 1. The van der Waals surface area contributed by atoms with Gasteiger partial charge in [-0.3, -0.25) is 0 Å². The van der Waals surface area contributed by atoms with Crippen molar-refractivity contribution >= 4 is 5.97 Å². The molecular weight excluding hydrogens is 486 g/mol. The van der Waals surface area contributed by atoms with Crippen LogP contribution in [0.1, 0.15) is 82.0 Å². The van der Waals surface area contributed by atoms with Gasteiger partial charge in [0.2, 0.25) is 5.82 Å². The molecule has 0 saturated carbocycles. The number of ether oxygens (including phenoxy) is 2. The van der Waals surface area contributed by atoms with Crippen molar-refractivity contribution in [2.75, 3.05) is 13.2 Å². The van der Waals surface area contributed by atoms with E-state index in [1.54, 1.807) is 6.07 Å². The number of carboxylic acid groups (broad SMARTS) is 1. The molecular formula is C32H37F2O4-. The fourth-order valence-electron chi connectivity index (χ4n) is 4.33. The van der Waals surface area contributed by atoms with Gasteiger partial charge in [-0.05, 0) is 59.9 Å². The van der Waals surface area contributed by atoms with Crippen LogP contribution in [-0.2, 0) is 0 Å². The fourth-order valence-corrected chi connectivity index (χ4v) is 4.33. The van der Waals surface area contributed by atoms with Crippen LogP contribution in [0.4, 0.5) is 8.78 Å². The van der Waals surface area contributed by atoms with Gasteiger partial charge in [0.15, 0.2) is 11.6 Å². The molecule has 0 saturated heterocycles. The summed E-state index contributed by atoms with van der Waals surface area (Å²) in [6.45, 7) is 5.22. The lowest BCUT2D eigenvalue weighted by molar-refractivity contribution is -0.254. The van der Waals surface area contributed by atoms with Gasteiger partial charge in [-0.1, -0.05) is 83.1 Å². The third-order valence-electron chi connectivity index (χ3n) is 6.54. The minimum absolute atomic E-state index is 0.0428. The van der Waals surface area contributed by atoms with Crippen LogP contribution < -0.4 is 14.6 Å². The summed E-state index contributed by atoms with van der Waals surface area (Å²) in [6, 6.07) is 14.6. The van der Waals surface area contributed by atoms with Gasteiger partial charge in [-0.2, -0.15) is 4.39 Å². The van der Waals surface area contributed by atoms with Crippen LogP contribution in [0.25, 0.3) is 22.3 Å². The average molecular weight is 524 g/mol. The first-order valence-corrected chi connectivity index (χ1v) is 13.7. The van der Waals surface area contributed by atoms with Crippen molar-refractivity contribution in [3.05, 3.63) is 71.8 Å². The molecule has 0 amide bonds. The Kier molecular flexibility index (Phi) is 11.6. The van der Waals surface area contributed by atoms with Crippen LogP contribution >= 0.6 is 0 Å². The van der Waals surface area contributed by atoms with E-state index < -0.39 is 17.6 Å². The molecule has 0 bridgehead atoms. The maximum absolute atomic E-state index is 15.2. The SMILES string of the molecule is CCCCCCCOc1ccc(-c2cc(-c3ccc(OCCCCCC)cc3)ccc2C(=O)[O-])c(F)c1F.